The minimum Gasteiger partial charge on any atom is -0.453 e. The number of ether oxygens (including phenoxy) is 1. The maximum atomic E-state index is 6.37. The van der Waals surface area contributed by atoms with E-state index in [9.17, 15) is 0 Å². The van der Waals surface area contributed by atoms with Crippen LogP contribution in [0.1, 0.15) is 42.3 Å². The molecule has 2 N–H and O–H groups in total. The van der Waals surface area contributed by atoms with Gasteiger partial charge in [0.2, 0.25) is 0 Å². The van der Waals surface area contributed by atoms with E-state index in [1.807, 2.05) is 36.5 Å². The second-order valence-corrected chi connectivity index (χ2v) is 9.09. The molecular formula is C27H26N8O. The number of anilines is 2. The summed E-state index contributed by atoms with van der Waals surface area (Å²) in [6.45, 7) is 2.06. The molecule has 0 unspecified atom stereocenters. The van der Waals surface area contributed by atoms with Crippen molar-refractivity contribution in [2.45, 2.75) is 38.6 Å². The Morgan fingerprint density at radius 3 is 2.75 bits per heavy atom. The Morgan fingerprint density at radius 2 is 1.97 bits per heavy atom. The Balaban J connectivity index is 1.24. The van der Waals surface area contributed by atoms with Crippen molar-refractivity contribution in [3.05, 3.63) is 90.0 Å². The van der Waals surface area contributed by atoms with Gasteiger partial charge in [-0.2, -0.15) is 10.3 Å². The molecule has 3 heterocycles. The number of rotatable bonds is 8. The van der Waals surface area contributed by atoms with Crippen molar-refractivity contribution in [1.29, 1.82) is 0 Å². The number of tetrazole rings is 1. The molecule has 0 saturated heterocycles. The van der Waals surface area contributed by atoms with Crippen LogP contribution in [-0.4, -0.2) is 35.4 Å². The Morgan fingerprint density at radius 1 is 1.08 bits per heavy atom. The van der Waals surface area contributed by atoms with Gasteiger partial charge >= 0.3 is 0 Å². The van der Waals surface area contributed by atoms with E-state index in [4.69, 9.17) is 9.84 Å². The lowest BCUT2D eigenvalue weighted by Crippen LogP contribution is -2.17. The lowest BCUT2D eigenvalue weighted by molar-refractivity contribution is 0.289. The van der Waals surface area contributed by atoms with Gasteiger partial charge in [0.05, 0.1) is 12.2 Å². The van der Waals surface area contributed by atoms with Gasteiger partial charge in [-0.05, 0) is 55.5 Å². The van der Waals surface area contributed by atoms with Gasteiger partial charge in [0.1, 0.15) is 17.3 Å². The first kappa shape index (κ1) is 22.0. The highest BCUT2D eigenvalue weighted by Crippen LogP contribution is 2.38. The Labute approximate surface area is 208 Å². The van der Waals surface area contributed by atoms with Crippen molar-refractivity contribution >= 4 is 11.5 Å². The highest BCUT2D eigenvalue weighted by Gasteiger charge is 2.23. The van der Waals surface area contributed by atoms with Gasteiger partial charge < -0.3 is 10.1 Å². The minimum atomic E-state index is 0.447. The Hall–Kier alpha value is -4.53. The first-order valence-corrected chi connectivity index (χ1v) is 12.1. The van der Waals surface area contributed by atoms with Crippen LogP contribution in [0.3, 0.4) is 0 Å². The SMILES string of the molecule is Cc1cc(Cc2nn[nH]n2)cc(Nc2cc(Oc3cn(C4CCC4)nc3-c3ccccc3)ccn2)c1. The van der Waals surface area contributed by atoms with Gasteiger partial charge in [0.25, 0.3) is 0 Å². The lowest BCUT2D eigenvalue weighted by atomic mass is 9.93. The van der Waals surface area contributed by atoms with Gasteiger partial charge in [-0.25, -0.2) is 4.98 Å². The molecule has 36 heavy (non-hydrogen) atoms. The Kier molecular flexibility index (Phi) is 5.87. The number of hydrogen-bond acceptors (Lipinski definition) is 7. The van der Waals surface area contributed by atoms with Crippen molar-refractivity contribution in [3.8, 4) is 22.8 Å². The molecule has 1 aliphatic rings. The second-order valence-electron chi connectivity index (χ2n) is 9.09. The number of hydrogen-bond donors (Lipinski definition) is 2. The number of aryl methyl sites for hydroxylation is 1. The molecule has 0 spiro atoms. The number of nitrogens with one attached hydrogen (secondary N) is 2. The van der Waals surface area contributed by atoms with Gasteiger partial charge in [-0.15, -0.1) is 10.2 Å². The van der Waals surface area contributed by atoms with Crippen LogP contribution < -0.4 is 10.1 Å². The summed E-state index contributed by atoms with van der Waals surface area (Å²) in [6.07, 6.45) is 7.91. The molecule has 6 rings (SSSR count). The topological polar surface area (TPSA) is 106 Å². The molecule has 0 atom stereocenters. The van der Waals surface area contributed by atoms with E-state index in [2.05, 4.69) is 72.9 Å². The van der Waals surface area contributed by atoms with Crippen LogP contribution in [0.15, 0.2) is 73.1 Å². The van der Waals surface area contributed by atoms with E-state index in [0.29, 0.717) is 29.9 Å². The largest absolute Gasteiger partial charge is 0.453 e. The quantitative estimate of drug-likeness (QED) is 0.298. The normalized spacial score (nSPS) is 13.4. The van der Waals surface area contributed by atoms with Gasteiger partial charge in [0, 0.05) is 29.9 Å². The van der Waals surface area contributed by atoms with Crippen LogP contribution >= 0.6 is 0 Å². The molecule has 0 radical (unpaired) electrons. The second kappa shape index (κ2) is 9.61. The third-order valence-corrected chi connectivity index (χ3v) is 6.31. The maximum absolute atomic E-state index is 6.37. The molecule has 0 amide bonds. The first-order chi connectivity index (χ1) is 17.7. The fourth-order valence-corrected chi connectivity index (χ4v) is 4.38. The standard InChI is InChI=1S/C27H26N8O/c1-18-12-19(15-26-30-33-34-31-26)14-21(13-18)29-25-16-23(10-11-28-25)36-24-17-35(22-8-5-9-22)32-27(24)20-6-3-2-4-7-20/h2-4,6-7,10-14,16-17,22H,5,8-9,15H2,1H3,(H,28,29)(H,30,31,33,34). The summed E-state index contributed by atoms with van der Waals surface area (Å²) in [5, 5.41) is 22.5. The number of benzene rings is 2. The van der Waals surface area contributed by atoms with Crippen molar-refractivity contribution in [1.82, 2.24) is 35.4 Å². The molecule has 1 aliphatic carbocycles. The van der Waals surface area contributed by atoms with E-state index in [1.54, 1.807) is 6.20 Å². The zero-order chi connectivity index (χ0) is 24.3. The van der Waals surface area contributed by atoms with Crippen molar-refractivity contribution in [2.75, 3.05) is 5.32 Å². The number of pyridine rings is 1. The summed E-state index contributed by atoms with van der Waals surface area (Å²) in [5.41, 5.74) is 5.02. The molecule has 5 aromatic rings. The van der Waals surface area contributed by atoms with Crippen molar-refractivity contribution in [3.63, 3.8) is 0 Å². The molecule has 9 nitrogen and oxygen atoms in total. The van der Waals surface area contributed by atoms with Crippen LogP contribution in [0.25, 0.3) is 11.3 Å². The third kappa shape index (κ3) is 4.81. The average molecular weight is 479 g/mol. The number of nitrogens with zero attached hydrogens (tertiary/aromatic N) is 6. The molecule has 2 aromatic carbocycles. The number of aromatic amines is 1. The van der Waals surface area contributed by atoms with Crippen LogP contribution in [0.5, 0.6) is 11.5 Å². The van der Waals surface area contributed by atoms with Crippen molar-refractivity contribution < 1.29 is 4.74 Å². The van der Waals surface area contributed by atoms with Gasteiger partial charge in [-0.1, -0.05) is 41.6 Å². The Bertz CT molecular complexity index is 1460. The molecule has 1 saturated carbocycles. The zero-order valence-corrected chi connectivity index (χ0v) is 19.9. The summed E-state index contributed by atoms with van der Waals surface area (Å²) in [6, 6.07) is 20.6. The fourth-order valence-electron chi connectivity index (χ4n) is 4.38. The summed E-state index contributed by atoms with van der Waals surface area (Å²) in [4.78, 5) is 4.50. The number of aromatic nitrogens is 7. The molecule has 180 valence electrons. The average Bonchev–Trinajstić information content (AvgIpc) is 3.49. The maximum Gasteiger partial charge on any atom is 0.178 e. The molecule has 9 heteroatoms. The van der Waals surface area contributed by atoms with Crippen LogP contribution in [-0.2, 0) is 6.42 Å². The van der Waals surface area contributed by atoms with Crippen LogP contribution in [0, 0.1) is 6.92 Å². The summed E-state index contributed by atoms with van der Waals surface area (Å²) < 4.78 is 8.42. The highest BCUT2D eigenvalue weighted by molar-refractivity contribution is 5.67. The minimum absolute atomic E-state index is 0.447. The molecular weight excluding hydrogens is 452 g/mol. The summed E-state index contributed by atoms with van der Waals surface area (Å²) >= 11 is 0. The van der Waals surface area contributed by atoms with Gasteiger partial charge in [0.15, 0.2) is 11.6 Å². The lowest BCUT2D eigenvalue weighted by Gasteiger charge is -2.25. The van der Waals surface area contributed by atoms with Crippen LogP contribution in [0.4, 0.5) is 11.5 Å². The van der Waals surface area contributed by atoms with Crippen molar-refractivity contribution in [2.24, 2.45) is 0 Å². The number of H-pyrrole nitrogens is 1. The summed E-state index contributed by atoms with van der Waals surface area (Å²) in [7, 11) is 0. The molecule has 0 bridgehead atoms. The van der Waals surface area contributed by atoms with E-state index >= 15 is 0 Å². The summed E-state index contributed by atoms with van der Waals surface area (Å²) in [5.74, 6) is 2.77. The van der Waals surface area contributed by atoms with E-state index < -0.39 is 0 Å². The molecule has 1 fully saturated rings. The molecule has 3 aromatic heterocycles. The monoisotopic (exact) mass is 478 g/mol. The van der Waals surface area contributed by atoms with E-state index in [1.165, 1.54) is 6.42 Å². The first-order valence-electron chi connectivity index (χ1n) is 12.1. The predicted octanol–water partition coefficient (Wildman–Crippen LogP) is 5.62. The third-order valence-electron chi connectivity index (χ3n) is 6.31. The van der Waals surface area contributed by atoms with Crippen LogP contribution in [0.2, 0.25) is 0 Å². The smallest absolute Gasteiger partial charge is 0.178 e. The fraction of sp³-hybridized carbons (Fsp3) is 0.222. The zero-order valence-electron chi connectivity index (χ0n) is 19.9. The predicted molar refractivity (Wildman–Crippen MR) is 136 cm³/mol. The van der Waals surface area contributed by atoms with E-state index in [0.717, 1.165) is 46.7 Å². The van der Waals surface area contributed by atoms with E-state index in [-0.39, 0.29) is 0 Å². The highest BCUT2D eigenvalue weighted by atomic mass is 16.5. The molecule has 0 aliphatic heterocycles. The van der Waals surface area contributed by atoms with Gasteiger partial charge in [-0.3, -0.25) is 4.68 Å².